The summed E-state index contributed by atoms with van der Waals surface area (Å²) in [7, 11) is 1.56. The minimum Gasteiger partial charge on any atom is -0.496 e. The molecular weight excluding hydrogens is 226 g/mol. The number of rotatable bonds is 5. The van der Waals surface area contributed by atoms with Gasteiger partial charge in [0, 0.05) is 12.4 Å². The van der Waals surface area contributed by atoms with E-state index in [-0.39, 0.29) is 5.91 Å². The van der Waals surface area contributed by atoms with Crippen molar-refractivity contribution in [1.29, 1.82) is 0 Å². The number of hydrogen-bond acceptors (Lipinski definition) is 2. The van der Waals surface area contributed by atoms with Gasteiger partial charge >= 0.3 is 0 Å². The van der Waals surface area contributed by atoms with Crippen LogP contribution in [0.4, 0.5) is 0 Å². The first-order valence-corrected chi connectivity index (χ1v) is 5.71. The number of aryl methyl sites for hydroxylation is 1. The van der Waals surface area contributed by atoms with Gasteiger partial charge in [-0.25, -0.2) is 0 Å². The summed E-state index contributed by atoms with van der Waals surface area (Å²) in [5.41, 5.74) is 1.60. The summed E-state index contributed by atoms with van der Waals surface area (Å²) in [6, 6.07) is 5.52. The molecule has 4 heteroatoms. The molecule has 0 heterocycles. The SMILES string of the molecule is COc1ccc(C)cc1C(=O)NCCCCl. The summed E-state index contributed by atoms with van der Waals surface area (Å²) < 4.78 is 5.14. The van der Waals surface area contributed by atoms with E-state index >= 15 is 0 Å². The van der Waals surface area contributed by atoms with Crippen LogP contribution in [-0.2, 0) is 0 Å². The lowest BCUT2D eigenvalue weighted by Gasteiger charge is -2.09. The number of nitrogens with one attached hydrogen (secondary N) is 1. The molecule has 0 spiro atoms. The van der Waals surface area contributed by atoms with Gasteiger partial charge < -0.3 is 10.1 Å². The van der Waals surface area contributed by atoms with Gasteiger partial charge in [-0.1, -0.05) is 11.6 Å². The van der Waals surface area contributed by atoms with Gasteiger partial charge in [0.2, 0.25) is 0 Å². The smallest absolute Gasteiger partial charge is 0.255 e. The quantitative estimate of drug-likeness (QED) is 0.635. The molecule has 1 aromatic rings. The highest BCUT2D eigenvalue weighted by Crippen LogP contribution is 2.19. The van der Waals surface area contributed by atoms with E-state index in [0.29, 0.717) is 23.7 Å². The Balaban J connectivity index is 2.76. The molecule has 16 heavy (non-hydrogen) atoms. The second-order valence-corrected chi connectivity index (χ2v) is 3.88. The average molecular weight is 242 g/mol. The normalized spacial score (nSPS) is 9.94. The van der Waals surface area contributed by atoms with Crippen molar-refractivity contribution in [2.24, 2.45) is 0 Å². The molecule has 1 aromatic carbocycles. The minimum absolute atomic E-state index is 0.120. The number of halogens is 1. The molecule has 1 N–H and O–H groups in total. The second-order valence-electron chi connectivity index (χ2n) is 3.50. The van der Waals surface area contributed by atoms with Crippen LogP contribution in [-0.4, -0.2) is 25.4 Å². The number of ether oxygens (including phenoxy) is 1. The van der Waals surface area contributed by atoms with Crippen molar-refractivity contribution in [2.45, 2.75) is 13.3 Å². The van der Waals surface area contributed by atoms with Crippen molar-refractivity contribution in [3.05, 3.63) is 29.3 Å². The number of hydrogen-bond donors (Lipinski definition) is 1. The highest BCUT2D eigenvalue weighted by Gasteiger charge is 2.11. The van der Waals surface area contributed by atoms with Gasteiger partial charge in [0.25, 0.3) is 5.91 Å². The summed E-state index contributed by atoms with van der Waals surface area (Å²) in [6.07, 6.45) is 0.765. The molecule has 0 atom stereocenters. The molecule has 0 aliphatic heterocycles. The molecule has 0 saturated heterocycles. The third-order valence-electron chi connectivity index (χ3n) is 2.20. The molecule has 0 radical (unpaired) electrons. The van der Waals surface area contributed by atoms with Crippen LogP contribution < -0.4 is 10.1 Å². The Morgan fingerprint density at radius 3 is 2.88 bits per heavy atom. The number of alkyl halides is 1. The van der Waals surface area contributed by atoms with Gasteiger partial charge in [0.15, 0.2) is 0 Å². The van der Waals surface area contributed by atoms with E-state index in [0.717, 1.165) is 12.0 Å². The molecule has 0 aliphatic rings. The van der Waals surface area contributed by atoms with E-state index < -0.39 is 0 Å². The molecule has 88 valence electrons. The van der Waals surface area contributed by atoms with Crippen LogP contribution in [0.3, 0.4) is 0 Å². The van der Waals surface area contributed by atoms with E-state index in [1.54, 1.807) is 13.2 Å². The molecule has 0 fully saturated rings. The molecule has 0 saturated carbocycles. The summed E-state index contributed by atoms with van der Waals surface area (Å²) in [5, 5.41) is 2.80. The van der Waals surface area contributed by atoms with Crippen molar-refractivity contribution < 1.29 is 9.53 Å². The monoisotopic (exact) mass is 241 g/mol. The molecule has 0 bridgehead atoms. The van der Waals surface area contributed by atoms with Crippen LogP contribution in [0.1, 0.15) is 22.3 Å². The molecule has 0 aliphatic carbocycles. The zero-order valence-electron chi connectivity index (χ0n) is 9.55. The first kappa shape index (κ1) is 12.8. The van der Waals surface area contributed by atoms with Gasteiger partial charge in [-0.15, -0.1) is 11.6 Å². The van der Waals surface area contributed by atoms with Gasteiger partial charge in [-0.3, -0.25) is 4.79 Å². The van der Waals surface area contributed by atoms with Crippen molar-refractivity contribution >= 4 is 17.5 Å². The van der Waals surface area contributed by atoms with E-state index in [4.69, 9.17) is 16.3 Å². The van der Waals surface area contributed by atoms with Gasteiger partial charge in [-0.2, -0.15) is 0 Å². The van der Waals surface area contributed by atoms with Crippen LogP contribution in [0.15, 0.2) is 18.2 Å². The Morgan fingerprint density at radius 1 is 1.50 bits per heavy atom. The Kier molecular flexibility index (Phi) is 5.12. The van der Waals surface area contributed by atoms with Crippen LogP contribution in [0, 0.1) is 6.92 Å². The lowest BCUT2D eigenvalue weighted by molar-refractivity contribution is 0.0950. The first-order chi connectivity index (χ1) is 7.69. The zero-order valence-corrected chi connectivity index (χ0v) is 10.3. The van der Waals surface area contributed by atoms with Crippen LogP contribution >= 0.6 is 11.6 Å². The van der Waals surface area contributed by atoms with E-state index in [9.17, 15) is 4.79 Å². The molecule has 1 amide bonds. The van der Waals surface area contributed by atoms with Crippen molar-refractivity contribution in [3.8, 4) is 5.75 Å². The van der Waals surface area contributed by atoms with E-state index in [1.807, 2.05) is 19.1 Å². The maximum absolute atomic E-state index is 11.8. The number of benzene rings is 1. The predicted octanol–water partition coefficient (Wildman–Crippen LogP) is 2.36. The topological polar surface area (TPSA) is 38.3 Å². The Bertz CT molecular complexity index is 366. The Morgan fingerprint density at radius 2 is 2.25 bits per heavy atom. The fourth-order valence-corrected chi connectivity index (χ4v) is 1.50. The lowest BCUT2D eigenvalue weighted by atomic mass is 10.1. The molecule has 3 nitrogen and oxygen atoms in total. The summed E-state index contributed by atoms with van der Waals surface area (Å²) >= 11 is 5.54. The van der Waals surface area contributed by atoms with Gasteiger partial charge in [0.05, 0.1) is 12.7 Å². The summed E-state index contributed by atoms with van der Waals surface area (Å²) in [5.74, 6) is 1.02. The Hall–Kier alpha value is -1.22. The minimum atomic E-state index is -0.120. The fraction of sp³-hybridized carbons (Fsp3) is 0.417. The maximum atomic E-state index is 11.8. The predicted molar refractivity (Wildman–Crippen MR) is 65.4 cm³/mol. The van der Waals surface area contributed by atoms with Gasteiger partial charge in [0.1, 0.15) is 5.75 Å². The number of methoxy groups -OCH3 is 1. The van der Waals surface area contributed by atoms with Crippen molar-refractivity contribution in [3.63, 3.8) is 0 Å². The number of carbonyl (C=O) groups is 1. The molecule has 0 unspecified atom stereocenters. The molecular formula is C12H16ClNO2. The van der Waals surface area contributed by atoms with Crippen molar-refractivity contribution in [1.82, 2.24) is 5.32 Å². The standard InChI is InChI=1S/C12H16ClNO2/c1-9-4-5-11(16-2)10(8-9)12(15)14-7-3-6-13/h4-5,8H,3,6-7H2,1-2H3,(H,14,15). The lowest BCUT2D eigenvalue weighted by Crippen LogP contribution is -2.25. The highest BCUT2D eigenvalue weighted by atomic mass is 35.5. The maximum Gasteiger partial charge on any atom is 0.255 e. The van der Waals surface area contributed by atoms with Crippen LogP contribution in [0.2, 0.25) is 0 Å². The average Bonchev–Trinajstić information content (AvgIpc) is 2.29. The largest absolute Gasteiger partial charge is 0.496 e. The molecule has 1 rings (SSSR count). The van der Waals surface area contributed by atoms with E-state index in [1.165, 1.54) is 0 Å². The third-order valence-corrected chi connectivity index (χ3v) is 2.46. The zero-order chi connectivity index (χ0) is 12.0. The van der Waals surface area contributed by atoms with Crippen LogP contribution in [0.25, 0.3) is 0 Å². The third kappa shape index (κ3) is 3.42. The summed E-state index contributed by atoms with van der Waals surface area (Å²) in [4.78, 5) is 11.8. The van der Waals surface area contributed by atoms with E-state index in [2.05, 4.69) is 5.32 Å². The first-order valence-electron chi connectivity index (χ1n) is 5.18. The Labute approximate surface area is 101 Å². The van der Waals surface area contributed by atoms with Crippen LogP contribution in [0.5, 0.6) is 5.75 Å². The second kappa shape index (κ2) is 6.38. The number of carbonyl (C=O) groups excluding carboxylic acids is 1. The summed E-state index contributed by atoms with van der Waals surface area (Å²) in [6.45, 7) is 2.52. The highest BCUT2D eigenvalue weighted by molar-refractivity contribution is 6.17. The van der Waals surface area contributed by atoms with Gasteiger partial charge in [-0.05, 0) is 25.5 Å². The molecule has 0 aromatic heterocycles. The number of amides is 1. The van der Waals surface area contributed by atoms with Crippen molar-refractivity contribution in [2.75, 3.05) is 19.5 Å². The fourth-order valence-electron chi connectivity index (χ4n) is 1.36.